The van der Waals surface area contributed by atoms with Gasteiger partial charge < -0.3 is 19.5 Å². The van der Waals surface area contributed by atoms with Crippen LogP contribution in [0.15, 0.2) is 30.5 Å². The van der Waals surface area contributed by atoms with Crippen LogP contribution in [0, 0.1) is 0 Å². The molecular weight excluding hydrogens is 326 g/mol. The summed E-state index contributed by atoms with van der Waals surface area (Å²) in [6, 6.07) is 6.46. The molecule has 1 aromatic heterocycles. The molecule has 0 saturated carbocycles. The average molecular weight is 343 g/mol. The van der Waals surface area contributed by atoms with Crippen LogP contribution >= 0.6 is 0 Å². The highest BCUT2D eigenvalue weighted by atomic mass is 16.5. The summed E-state index contributed by atoms with van der Waals surface area (Å²) < 4.78 is 15.8. The van der Waals surface area contributed by atoms with Gasteiger partial charge in [0.05, 0.1) is 27.0 Å². The van der Waals surface area contributed by atoms with Crippen molar-refractivity contribution < 1.29 is 23.8 Å². The summed E-state index contributed by atoms with van der Waals surface area (Å²) in [4.78, 5) is 30.4. The van der Waals surface area contributed by atoms with E-state index in [1.807, 2.05) is 0 Å². The average Bonchev–Trinajstić information content (AvgIpc) is 2.65. The Bertz CT molecular complexity index is 812. The molecule has 0 saturated heterocycles. The zero-order chi connectivity index (χ0) is 18.0. The first kappa shape index (κ1) is 16.6. The van der Waals surface area contributed by atoms with Gasteiger partial charge in [0.25, 0.3) is 5.91 Å². The lowest BCUT2D eigenvalue weighted by Gasteiger charge is -2.28. The van der Waals surface area contributed by atoms with Crippen molar-refractivity contribution in [3.8, 4) is 17.2 Å². The van der Waals surface area contributed by atoms with Crippen molar-refractivity contribution in [1.29, 1.82) is 0 Å². The van der Waals surface area contributed by atoms with E-state index in [1.54, 1.807) is 30.5 Å². The molecular formula is C17H17N3O5. The fraction of sp³-hybridized carbons (Fsp3) is 0.235. The van der Waals surface area contributed by atoms with Crippen molar-refractivity contribution in [3.63, 3.8) is 0 Å². The molecule has 25 heavy (non-hydrogen) atoms. The van der Waals surface area contributed by atoms with Crippen LogP contribution < -0.4 is 24.4 Å². The molecule has 1 N–H and O–H groups in total. The molecule has 1 aliphatic rings. The minimum atomic E-state index is -0.394. The zero-order valence-corrected chi connectivity index (χ0v) is 14.0. The number of carbonyl (C=O) groups excluding carboxylic acids is 2. The van der Waals surface area contributed by atoms with Gasteiger partial charge in [-0.15, -0.1) is 0 Å². The van der Waals surface area contributed by atoms with Crippen LogP contribution in [0.3, 0.4) is 0 Å². The molecule has 0 atom stereocenters. The second kappa shape index (κ2) is 6.68. The lowest BCUT2D eigenvalue weighted by Crippen LogP contribution is -2.42. The van der Waals surface area contributed by atoms with Crippen LogP contribution in [-0.2, 0) is 4.79 Å². The van der Waals surface area contributed by atoms with Gasteiger partial charge in [0.2, 0.25) is 11.7 Å². The van der Waals surface area contributed by atoms with Gasteiger partial charge in [0.15, 0.2) is 17.3 Å². The highest BCUT2D eigenvalue weighted by molar-refractivity contribution is 6.14. The van der Waals surface area contributed by atoms with Crippen LogP contribution in [-0.4, -0.2) is 44.7 Å². The molecule has 8 heteroatoms. The Balaban J connectivity index is 2.06. The molecule has 0 unspecified atom stereocenters. The monoisotopic (exact) mass is 343 g/mol. The number of hydrogen-bond acceptors (Lipinski definition) is 6. The summed E-state index contributed by atoms with van der Waals surface area (Å²) in [5, 5.41) is 2.69. The number of carbonyl (C=O) groups is 2. The van der Waals surface area contributed by atoms with Crippen molar-refractivity contribution in [2.24, 2.45) is 0 Å². The maximum Gasteiger partial charge on any atom is 0.260 e. The lowest BCUT2D eigenvalue weighted by atomic mass is 10.1. The van der Waals surface area contributed by atoms with Crippen LogP contribution in [0.4, 0.5) is 11.5 Å². The van der Waals surface area contributed by atoms with Crippen molar-refractivity contribution >= 4 is 23.3 Å². The zero-order valence-electron chi connectivity index (χ0n) is 14.0. The van der Waals surface area contributed by atoms with E-state index in [1.165, 1.54) is 26.2 Å². The first-order valence-electron chi connectivity index (χ1n) is 7.45. The number of rotatable bonds is 4. The number of anilines is 2. The maximum atomic E-state index is 13.0. The van der Waals surface area contributed by atoms with E-state index >= 15 is 0 Å². The third-order valence-electron chi connectivity index (χ3n) is 3.77. The van der Waals surface area contributed by atoms with Gasteiger partial charge in [-0.3, -0.25) is 14.5 Å². The molecule has 0 radical (unpaired) electrons. The van der Waals surface area contributed by atoms with E-state index in [4.69, 9.17) is 14.2 Å². The highest BCUT2D eigenvalue weighted by Crippen LogP contribution is 2.39. The molecule has 0 fully saturated rings. The van der Waals surface area contributed by atoms with E-state index in [2.05, 4.69) is 10.3 Å². The normalized spacial score (nSPS) is 12.9. The Morgan fingerprint density at radius 1 is 1.16 bits per heavy atom. The fourth-order valence-corrected chi connectivity index (χ4v) is 2.65. The van der Waals surface area contributed by atoms with Gasteiger partial charge in [-0.2, -0.15) is 0 Å². The summed E-state index contributed by atoms with van der Waals surface area (Å²) in [5.74, 6) is 0.800. The summed E-state index contributed by atoms with van der Waals surface area (Å²) >= 11 is 0. The van der Waals surface area contributed by atoms with Crippen LogP contribution in [0.25, 0.3) is 0 Å². The summed E-state index contributed by atoms with van der Waals surface area (Å²) in [5.41, 5.74) is 0.778. The Morgan fingerprint density at radius 3 is 2.44 bits per heavy atom. The van der Waals surface area contributed by atoms with Crippen LogP contribution in [0.5, 0.6) is 17.2 Å². The van der Waals surface area contributed by atoms with Gasteiger partial charge in [0, 0.05) is 11.8 Å². The smallest absolute Gasteiger partial charge is 0.260 e. The molecule has 130 valence electrons. The van der Waals surface area contributed by atoms with Crippen molar-refractivity contribution in [1.82, 2.24) is 4.98 Å². The lowest BCUT2D eigenvalue weighted by molar-refractivity contribution is -0.115. The fourth-order valence-electron chi connectivity index (χ4n) is 2.65. The number of amides is 2. The second-order valence-electron chi connectivity index (χ2n) is 5.23. The largest absolute Gasteiger partial charge is 0.493 e. The number of pyridine rings is 1. The second-order valence-corrected chi connectivity index (χ2v) is 5.23. The number of hydrogen-bond donors (Lipinski definition) is 1. The van der Waals surface area contributed by atoms with Gasteiger partial charge in [-0.25, -0.2) is 4.98 Å². The number of aromatic nitrogens is 1. The molecule has 2 heterocycles. The molecule has 1 aromatic carbocycles. The Labute approximate surface area is 144 Å². The first-order valence-corrected chi connectivity index (χ1v) is 7.45. The van der Waals surface area contributed by atoms with Gasteiger partial charge >= 0.3 is 0 Å². The van der Waals surface area contributed by atoms with E-state index in [0.717, 1.165) is 0 Å². The molecule has 3 rings (SSSR count). The number of nitrogens with zero attached hydrogens (tertiary/aromatic N) is 2. The van der Waals surface area contributed by atoms with Crippen molar-refractivity contribution in [2.45, 2.75) is 0 Å². The van der Waals surface area contributed by atoms with Gasteiger partial charge in [-0.05, 0) is 24.3 Å². The predicted octanol–water partition coefficient (Wildman–Crippen LogP) is 1.71. The van der Waals surface area contributed by atoms with E-state index in [0.29, 0.717) is 34.3 Å². The van der Waals surface area contributed by atoms with Gasteiger partial charge in [0.1, 0.15) is 6.54 Å². The third-order valence-corrected chi connectivity index (χ3v) is 3.77. The first-order chi connectivity index (χ1) is 12.1. The minimum absolute atomic E-state index is 0.125. The number of nitrogens with one attached hydrogen (secondary N) is 1. The highest BCUT2D eigenvalue weighted by Gasteiger charge is 2.30. The third kappa shape index (κ3) is 2.93. The van der Waals surface area contributed by atoms with E-state index < -0.39 is 5.91 Å². The van der Waals surface area contributed by atoms with Crippen molar-refractivity contribution in [3.05, 3.63) is 36.0 Å². The summed E-state index contributed by atoms with van der Waals surface area (Å²) in [6.07, 6.45) is 1.56. The molecule has 2 aromatic rings. The van der Waals surface area contributed by atoms with Gasteiger partial charge in [-0.1, -0.05) is 0 Å². The molecule has 0 bridgehead atoms. The topological polar surface area (TPSA) is 90.0 Å². The van der Waals surface area contributed by atoms with Crippen molar-refractivity contribution in [2.75, 3.05) is 38.1 Å². The number of ether oxygens (including phenoxy) is 3. The van der Waals surface area contributed by atoms with Crippen LogP contribution in [0.2, 0.25) is 0 Å². The Morgan fingerprint density at radius 2 is 1.84 bits per heavy atom. The maximum absolute atomic E-state index is 13.0. The van der Waals surface area contributed by atoms with Crippen LogP contribution in [0.1, 0.15) is 10.4 Å². The molecule has 8 nitrogen and oxygen atoms in total. The molecule has 0 aliphatic carbocycles. The number of methoxy groups -OCH3 is 3. The number of benzene rings is 1. The molecule has 1 aliphatic heterocycles. The summed E-state index contributed by atoms with van der Waals surface area (Å²) in [7, 11) is 4.42. The molecule has 2 amide bonds. The Hall–Kier alpha value is -3.29. The SMILES string of the molecule is COc1cc(C(=O)N2CC(=O)Nc3cccnc32)cc(OC)c1OC. The quantitative estimate of drug-likeness (QED) is 0.909. The van der Waals surface area contributed by atoms with E-state index in [9.17, 15) is 9.59 Å². The standard InChI is InChI=1S/C17H17N3O5/c1-23-12-7-10(8-13(24-2)15(12)25-3)17(22)20-9-14(21)19-11-5-4-6-18-16(11)20/h4-8H,9H2,1-3H3,(H,19,21). The predicted molar refractivity (Wildman–Crippen MR) is 90.6 cm³/mol. The minimum Gasteiger partial charge on any atom is -0.493 e. The Kier molecular flexibility index (Phi) is 4.42. The summed E-state index contributed by atoms with van der Waals surface area (Å²) in [6.45, 7) is -0.125. The number of fused-ring (bicyclic) bond motifs is 1. The molecule has 0 spiro atoms. The van der Waals surface area contributed by atoms with E-state index in [-0.39, 0.29) is 12.5 Å².